The fourth-order valence-electron chi connectivity index (χ4n) is 2.21. The Hall–Kier alpha value is -2.37. The number of methoxy groups -OCH3 is 1. The van der Waals surface area contributed by atoms with Crippen molar-refractivity contribution < 1.29 is 9.53 Å². The van der Waals surface area contributed by atoms with Gasteiger partial charge in [-0.2, -0.15) is 0 Å². The third-order valence-electron chi connectivity index (χ3n) is 3.40. The molecule has 6 nitrogen and oxygen atoms in total. The molecule has 0 spiro atoms. The first-order chi connectivity index (χ1) is 10.1. The van der Waals surface area contributed by atoms with Crippen LogP contribution in [0.3, 0.4) is 0 Å². The zero-order valence-electron chi connectivity index (χ0n) is 12.5. The van der Waals surface area contributed by atoms with Crippen molar-refractivity contribution in [3.8, 4) is 5.75 Å². The largest absolute Gasteiger partial charge is 0.497 e. The second-order valence-electron chi connectivity index (χ2n) is 4.64. The number of carbonyl (C=O) groups is 1. The number of fused-ring (bicyclic) bond motifs is 1. The van der Waals surface area contributed by atoms with Crippen LogP contribution in [-0.4, -0.2) is 41.0 Å². The topological polar surface area (TPSA) is 75.3 Å². The van der Waals surface area contributed by atoms with Gasteiger partial charge < -0.3 is 14.6 Å². The average molecular weight is 289 g/mol. The molecule has 1 amide bonds. The molecule has 0 saturated carbocycles. The molecule has 0 aliphatic heterocycles. The number of nitrogens with zero attached hydrogens (tertiary/aromatic N) is 2. The van der Waals surface area contributed by atoms with Crippen molar-refractivity contribution >= 4 is 16.8 Å². The summed E-state index contributed by atoms with van der Waals surface area (Å²) in [4.78, 5) is 32.9. The summed E-state index contributed by atoms with van der Waals surface area (Å²) in [6.07, 6.45) is 0.0961. The molecule has 0 saturated heterocycles. The molecular formula is C15H19N3O3. The number of amides is 1. The molecular weight excluding hydrogens is 270 g/mol. The maximum atomic E-state index is 12.1. The molecule has 0 aliphatic rings. The first-order valence-electron chi connectivity index (χ1n) is 6.93. The van der Waals surface area contributed by atoms with E-state index in [0.29, 0.717) is 35.6 Å². The van der Waals surface area contributed by atoms with Gasteiger partial charge in [0.2, 0.25) is 5.91 Å². The highest BCUT2D eigenvalue weighted by atomic mass is 16.5. The number of H-pyrrole nitrogens is 1. The molecule has 1 N–H and O–H groups in total. The highest BCUT2D eigenvalue weighted by molar-refractivity contribution is 5.81. The van der Waals surface area contributed by atoms with Crippen LogP contribution in [0.2, 0.25) is 0 Å². The number of likely N-dealkylation sites (N-methyl/N-ethyl adjacent to an activating group) is 1. The van der Waals surface area contributed by atoms with Gasteiger partial charge in [-0.1, -0.05) is 0 Å². The molecule has 0 radical (unpaired) electrons. The van der Waals surface area contributed by atoms with E-state index in [2.05, 4.69) is 9.97 Å². The Labute approximate surface area is 122 Å². The normalized spacial score (nSPS) is 10.6. The van der Waals surface area contributed by atoms with Crippen LogP contribution in [0.15, 0.2) is 23.0 Å². The van der Waals surface area contributed by atoms with Crippen LogP contribution in [0.1, 0.15) is 19.7 Å². The van der Waals surface area contributed by atoms with E-state index < -0.39 is 0 Å². The zero-order valence-corrected chi connectivity index (χ0v) is 12.5. The van der Waals surface area contributed by atoms with Gasteiger partial charge in [-0.15, -0.1) is 0 Å². The smallest absolute Gasteiger partial charge is 0.258 e. The summed E-state index contributed by atoms with van der Waals surface area (Å²) in [5.74, 6) is 0.937. The van der Waals surface area contributed by atoms with Crippen molar-refractivity contribution in [2.75, 3.05) is 20.2 Å². The molecule has 1 aromatic heterocycles. The second-order valence-corrected chi connectivity index (χ2v) is 4.64. The first-order valence-corrected chi connectivity index (χ1v) is 6.93. The van der Waals surface area contributed by atoms with Crippen molar-refractivity contribution in [2.45, 2.75) is 20.3 Å². The summed E-state index contributed by atoms with van der Waals surface area (Å²) in [5, 5.41) is 0.452. The molecule has 21 heavy (non-hydrogen) atoms. The van der Waals surface area contributed by atoms with E-state index in [1.165, 1.54) is 0 Å². The average Bonchev–Trinajstić information content (AvgIpc) is 2.48. The Morgan fingerprint density at radius 3 is 2.67 bits per heavy atom. The monoisotopic (exact) mass is 289 g/mol. The third kappa shape index (κ3) is 3.21. The molecule has 1 heterocycles. The van der Waals surface area contributed by atoms with Crippen LogP contribution in [0.5, 0.6) is 5.75 Å². The van der Waals surface area contributed by atoms with Gasteiger partial charge in [-0.3, -0.25) is 9.59 Å². The number of hydrogen-bond donors (Lipinski definition) is 1. The number of ether oxygens (including phenoxy) is 1. The molecule has 2 rings (SSSR count). The van der Waals surface area contributed by atoms with E-state index in [1.807, 2.05) is 13.8 Å². The standard InChI is InChI=1S/C15H19N3O3/c1-4-18(5-2)14(19)9-13-16-12-7-6-10(21-3)8-11(12)15(20)17-13/h6-8H,4-5,9H2,1-3H3,(H,16,17,20). The molecule has 112 valence electrons. The van der Waals surface area contributed by atoms with Crippen molar-refractivity contribution in [3.63, 3.8) is 0 Å². The van der Waals surface area contributed by atoms with Crippen molar-refractivity contribution in [3.05, 3.63) is 34.4 Å². The summed E-state index contributed by atoms with van der Waals surface area (Å²) < 4.78 is 5.09. The van der Waals surface area contributed by atoms with Gasteiger partial charge in [-0.25, -0.2) is 4.98 Å². The van der Waals surface area contributed by atoms with Gasteiger partial charge in [0, 0.05) is 13.1 Å². The summed E-state index contributed by atoms with van der Waals surface area (Å²) in [7, 11) is 1.54. The Kier molecular flexibility index (Phi) is 4.57. The van der Waals surface area contributed by atoms with Crippen LogP contribution in [0, 0.1) is 0 Å². The highest BCUT2D eigenvalue weighted by Crippen LogP contribution is 2.16. The number of nitrogens with one attached hydrogen (secondary N) is 1. The lowest BCUT2D eigenvalue weighted by atomic mass is 10.2. The van der Waals surface area contributed by atoms with E-state index >= 15 is 0 Å². The second kappa shape index (κ2) is 6.39. The van der Waals surface area contributed by atoms with Gasteiger partial charge in [0.25, 0.3) is 5.56 Å². The Morgan fingerprint density at radius 2 is 2.05 bits per heavy atom. The minimum Gasteiger partial charge on any atom is -0.497 e. The van der Waals surface area contributed by atoms with Gasteiger partial charge in [0.1, 0.15) is 11.6 Å². The zero-order chi connectivity index (χ0) is 15.4. The Balaban J connectivity index is 2.35. The lowest BCUT2D eigenvalue weighted by molar-refractivity contribution is -0.130. The van der Waals surface area contributed by atoms with Crippen molar-refractivity contribution in [1.29, 1.82) is 0 Å². The lowest BCUT2D eigenvalue weighted by Crippen LogP contribution is -2.32. The fourth-order valence-corrected chi connectivity index (χ4v) is 2.21. The van der Waals surface area contributed by atoms with E-state index in [0.717, 1.165) is 0 Å². The number of carbonyl (C=O) groups excluding carboxylic acids is 1. The van der Waals surface area contributed by atoms with E-state index in [-0.39, 0.29) is 17.9 Å². The summed E-state index contributed by atoms with van der Waals surface area (Å²) in [6, 6.07) is 5.09. The molecule has 0 atom stereocenters. The van der Waals surface area contributed by atoms with Crippen molar-refractivity contribution in [1.82, 2.24) is 14.9 Å². The van der Waals surface area contributed by atoms with Crippen molar-refractivity contribution in [2.24, 2.45) is 0 Å². The van der Waals surface area contributed by atoms with E-state index in [9.17, 15) is 9.59 Å². The highest BCUT2D eigenvalue weighted by Gasteiger charge is 2.13. The van der Waals surface area contributed by atoms with Crippen LogP contribution >= 0.6 is 0 Å². The molecule has 2 aromatic rings. The van der Waals surface area contributed by atoms with E-state index in [1.54, 1.807) is 30.2 Å². The molecule has 6 heteroatoms. The fraction of sp³-hybridized carbons (Fsp3) is 0.400. The SMILES string of the molecule is CCN(CC)C(=O)Cc1nc2ccc(OC)cc2c(=O)[nH]1. The summed E-state index contributed by atoms with van der Waals surface area (Å²) in [5.41, 5.74) is 0.295. The minimum atomic E-state index is -0.263. The minimum absolute atomic E-state index is 0.0454. The number of aromatic amines is 1. The first kappa shape index (κ1) is 15.0. The van der Waals surface area contributed by atoms with Crippen LogP contribution < -0.4 is 10.3 Å². The number of benzene rings is 1. The molecule has 1 aromatic carbocycles. The predicted molar refractivity (Wildman–Crippen MR) is 80.5 cm³/mol. The quantitative estimate of drug-likeness (QED) is 0.901. The number of rotatable bonds is 5. The maximum absolute atomic E-state index is 12.1. The van der Waals surface area contributed by atoms with Gasteiger partial charge in [0.05, 0.1) is 24.4 Å². The Bertz CT molecular complexity index is 705. The number of hydrogen-bond acceptors (Lipinski definition) is 4. The molecule has 0 unspecified atom stereocenters. The van der Waals surface area contributed by atoms with Gasteiger partial charge in [0.15, 0.2) is 0 Å². The van der Waals surface area contributed by atoms with Gasteiger partial charge in [-0.05, 0) is 32.0 Å². The Morgan fingerprint density at radius 1 is 1.33 bits per heavy atom. The van der Waals surface area contributed by atoms with Gasteiger partial charge >= 0.3 is 0 Å². The summed E-state index contributed by atoms with van der Waals surface area (Å²) in [6.45, 7) is 5.13. The van der Waals surface area contributed by atoms with E-state index in [4.69, 9.17) is 4.74 Å². The predicted octanol–water partition coefficient (Wildman–Crippen LogP) is 1.34. The molecule has 0 aliphatic carbocycles. The van der Waals surface area contributed by atoms with Crippen LogP contribution in [0.4, 0.5) is 0 Å². The van der Waals surface area contributed by atoms with Crippen LogP contribution in [-0.2, 0) is 11.2 Å². The summed E-state index contributed by atoms with van der Waals surface area (Å²) >= 11 is 0. The molecule has 0 bridgehead atoms. The number of aromatic nitrogens is 2. The third-order valence-corrected chi connectivity index (χ3v) is 3.40. The molecule has 0 fully saturated rings. The maximum Gasteiger partial charge on any atom is 0.258 e. The lowest BCUT2D eigenvalue weighted by Gasteiger charge is -2.18. The van der Waals surface area contributed by atoms with Crippen LogP contribution in [0.25, 0.3) is 10.9 Å².